The highest BCUT2D eigenvalue weighted by molar-refractivity contribution is 7.91. The molecule has 1 fully saturated rings. The molecule has 1 aromatic carbocycles. The van der Waals surface area contributed by atoms with Gasteiger partial charge in [0.15, 0.2) is 9.84 Å². The van der Waals surface area contributed by atoms with Gasteiger partial charge in [0.05, 0.1) is 16.8 Å². The van der Waals surface area contributed by atoms with Crippen molar-refractivity contribution in [1.82, 2.24) is 10.2 Å². The van der Waals surface area contributed by atoms with Crippen molar-refractivity contribution in [2.45, 2.75) is 42.8 Å². The third-order valence-electron chi connectivity index (χ3n) is 4.38. The van der Waals surface area contributed by atoms with Gasteiger partial charge in [-0.3, -0.25) is 9.59 Å². The van der Waals surface area contributed by atoms with E-state index >= 15 is 0 Å². The smallest absolute Gasteiger partial charge is 0.326 e. The lowest BCUT2D eigenvalue weighted by Crippen LogP contribution is -2.50. The van der Waals surface area contributed by atoms with Gasteiger partial charge in [-0.05, 0) is 18.6 Å². The quantitative estimate of drug-likeness (QED) is 0.557. The van der Waals surface area contributed by atoms with Crippen LogP contribution in [0.15, 0.2) is 35.2 Å². The SMILES string of the molecule is CC(=O)N1C[C@H](O)C[C@H]1C(=O)N[C@H](CCS(=O)(=O)c1ccccc1)C(=O)O. The monoisotopic (exact) mass is 398 g/mol. The highest BCUT2D eigenvalue weighted by Crippen LogP contribution is 2.19. The summed E-state index contributed by atoms with van der Waals surface area (Å²) >= 11 is 0. The van der Waals surface area contributed by atoms with Crippen LogP contribution in [0.5, 0.6) is 0 Å². The Bertz CT molecular complexity index is 810. The molecule has 0 spiro atoms. The van der Waals surface area contributed by atoms with E-state index in [1.165, 1.54) is 24.0 Å². The third kappa shape index (κ3) is 5.27. The number of carboxylic acid groups (broad SMARTS) is 1. The molecule has 2 amide bonds. The highest BCUT2D eigenvalue weighted by Gasteiger charge is 2.38. The first kappa shape index (κ1) is 20.8. The first-order valence-electron chi connectivity index (χ1n) is 8.38. The minimum absolute atomic E-state index is 0.0000658. The van der Waals surface area contributed by atoms with Crippen molar-refractivity contribution in [3.8, 4) is 0 Å². The number of nitrogens with zero attached hydrogens (tertiary/aromatic N) is 1. The number of hydrogen-bond acceptors (Lipinski definition) is 6. The summed E-state index contributed by atoms with van der Waals surface area (Å²) in [6, 6.07) is 5.20. The van der Waals surface area contributed by atoms with Gasteiger partial charge in [-0.25, -0.2) is 13.2 Å². The number of β-amino-alcohol motifs (C(OH)–C–C–N with tert-alkyl or cyclic N) is 1. The van der Waals surface area contributed by atoms with Crippen LogP contribution < -0.4 is 5.32 Å². The topological polar surface area (TPSA) is 141 Å². The van der Waals surface area contributed by atoms with E-state index in [1.807, 2.05) is 0 Å². The Kier molecular flexibility index (Phi) is 6.55. The zero-order chi connectivity index (χ0) is 20.2. The van der Waals surface area contributed by atoms with Crippen molar-refractivity contribution >= 4 is 27.6 Å². The second kappa shape index (κ2) is 8.49. The van der Waals surface area contributed by atoms with Crippen molar-refractivity contribution in [3.05, 3.63) is 30.3 Å². The molecule has 148 valence electrons. The van der Waals surface area contributed by atoms with Gasteiger partial charge in [-0.2, -0.15) is 0 Å². The van der Waals surface area contributed by atoms with E-state index in [4.69, 9.17) is 0 Å². The van der Waals surface area contributed by atoms with Gasteiger partial charge in [0.25, 0.3) is 0 Å². The fourth-order valence-corrected chi connectivity index (χ4v) is 4.31. The molecule has 1 aliphatic heterocycles. The van der Waals surface area contributed by atoms with E-state index in [2.05, 4.69) is 5.32 Å². The molecule has 0 aliphatic carbocycles. The van der Waals surface area contributed by atoms with Gasteiger partial charge in [-0.15, -0.1) is 0 Å². The van der Waals surface area contributed by atoms with E-state index in [0.29, 0.717) is 0 Å². The van der Waals surface area contributed by atoms with E-state index in [-0.39, 0.29) is 24.3 Å². The van der Waals surface area contributed by atoms with Crippen molar-refractivity contribution in [1.29, 1.82) is 0 Å². The number of hydrogen-bond donors (Lipinski definition) is 3. The van der Waals surface area contributed by atoms with Gasteiger partial charge >= 0.3 is 5.97 Å². The lowest BCUT2D eigenvalue weighted by Gasteiger charge is -2.24. The molecule has 2 rings (SSSR count). The number of carbonyl (C=O) groups is 3. The number of aliphatic hydroxyl groups excluding tert-OH is 1. The van der Waals surface area contributed by atoms with Crippen LogP contribution in [0.25, 0.3) is 0 Å². The van der Waals surface area contributed by atoms with Gasteiger partial charge in [0.2, 0.25) is 11.8 Å². The van der Waals surface area contributed by atoms with Crippen LogP contribution >= 0.6 is 0 Å². The molecule has 1 aliphatic rings. The van der Waals surface area contributed by atoms with E-state index in [1.54, 1.807) is 18.2 Å². The van der Waals surface area contributed by atoms with Crippen LogP contribution in [0.4, 0.5) is 0 Å². The molecule has 0 bridgehead atoms. The summed E-state index contributed by atoms with van der Waals surface area (Å²) < 4.78 is 24.6. The lowest BCUT2D eigenvalue weighted by atomic mass is 10.1. The van der Waals surface area contributed by atoms with Crippen LogP contribution in [0.2, 0.25) is 0 Å². The second-order valence-electron chi connectivity index (χ2n) is 6.40. The number of rotatable bonds is 7. The Balaban J connectivity index is 2.04. The summed E-state index contributed by atoms with van der Waals surface area (Å²) in [7, 11) is -3.70. The molecule has 3 atom stereocenters. The zero-order valence-corrected chi connectivity index (χ0v) is 15.6. The van der Waals surface area contributed by atoms with Crippen molar-refractivity contribution in [2.75, 3.05) is 12.3 Å². The zero-order valence-electron chi connectivity index (χ0n) is 14.7. The van der Waals surface area contributed by atoms with Crippen molar-refractivity contribution in [2.24, 2.45) is 0 Å². The molecule has 1 aromatic rings. The fourth-order valence-electron chi connectivity index (χ4n) is 2.95. The Hall–Kier alpha value is -2.46. The first-order chi connectivity index (χ1) is 12.6. The first-order valence-corrected chi connectivity index (χ1v) is 10.0. The number of nitrogens with one attached hydrogen (secondary N) is 1. The molecule has 27 heavy (non-hydrogen) atoms. The molecule has 1 heterocycles. The average molecular weight is 398 g/mol. The molecular formula is C17H22N2O7S. The summed E-state index contributed by atoms with van der Waals surface area (Å²) in [5, 5.41) is 21.3. The fraction of sp³-hybridized carbons (Fsp3) is 0.471. The molecule has 0 unspecified atom stereocenters. The molecular weight excluding hydrogens is 376 g/mol. The minimum atomic E-state index is -3.70. The Morgan fingerprint density at radius 3 is 2.44 bits per heavy atom. The summed E-state index contributed by atoms with van der Waals surface area (Å²) in [6.07, 6.45) is -1.19. The van der Waals surface area contributed by atoms with E-state index < -0.39 is 51.6 Å². The maximum Gasteiger partial charge on any atom is 0.326 e. The van der Waals surface area contributed by atoms with Crippen LogP contribution in [-0.4, -0.2) is 71.8 Å². The van der Waals surface area contributed by atoms with Crippen molar-refractivity contribution in [3.63, 3.8) is 0 Å². The number of likely N-dealkylation sites (tertiary alicyclic amines) is 1. The molecule has 0 saturated carbocycles. The highest BCUT2D eigenvalue weighted by atomic mass is 32.2. The maximum absolute atomic E-state index is 12.4. The summed E-state index contributed by atoms with van der Waals surface area (Å²) in [4.78, 5) is 36.6. The summed E-state index contributed by atoms with van der Waals surface area (Å²) in [5.41, 5.74) is 0. The minimum Gasteiger partial charge on any atom is -0.480 e. The second-order valence-corrected chi connectivity index (χ2v) is 8.51. The predicted octanol–water partition coefficient (Wildman–Crippen LogP) is -0.598. The number of carboxylic acids is 1. The average Bonchev–Trinajstić information content (AvgIpc) is 3.01. The third-order valence-corrected chi connectivity index (χ3v) is 6.14. The van der Waals surface area contributed by atoms with Gasteiger partial charge in [-0.1, -0.05) is 18.2 Å². The molecule has 3 N–H and O–H groups in total. The Morgan fingerprint density at radius 2 is 1.89 bits per heavy atom. The molecule has 10 heteroatoms. The normalized spacial score (nSPS) is 20.9. The van der Waals surface area contributed by atoms with E-state index in [0.717, 1.165) is 0 Å². The van der Waals surface area contributed by atoms with Crippen LogP contribution in [0.1, 0.15) is 19.8 Å². The van der Waals surface area contributed by atoms with E-state index in [9.17, 15) is 33.0 Å². The molecule has 1 saturated heterocycles. The van der Waals surface area contributed by atoms with Gasteiger partial charge in [0.1, 0.15) is 12.1 Å². The van der Waals surface area contributed by atoms with Crippen molar-refractivity contribution < 1.29 is 33.0 Å². The number of carbonyl (C=O) groups excluding carboxylic acids is 2. The van der Waals surface area contributed by atoms with Gasteiger partial charge in [0, 0.05) is 19.9 Å². The summed E-state index contributed by atoms with van der Waals surface area (Å²) in [6.45, 7) is 1.24. The maximum atomic E-state index is 12.4. The van der Waals surface area contributed by atoms with Gasteiger partial charge < -0.3 is 20.4 Å². The number of aliphatic carboxylic acids is 1. The standard InChI is InChI=1S/C17H22N2O7S/c1-11(20)19-10-12(21)9-15(19)16(22)18-14(17(23)24)7-8-27(25,26)13-5-3-2-4-6-13/h2-6,12,14-15,21H,7-10H2,1H3,(H,18,22)(H,23,24)/t12-,14-,15+/m1/s1. The summed E-state index contributed by atoms with van der Waals surface area (Å²) in [5.74, 6) is -2.98. The predicted molar refractivity (Wildman–Crippen MR) is 94.5 cm³/mol. The molecule has 0 aromatic heterocycles. The largest absolute Gasteiger partial charge is 0.480 e. The number of amides is 2. The number of benzene rings is 1. The number of sulfone groups is 1. The Labute approximate surface area is 156 Å². The van der Waals surface area contributed by atoms with Crippen LogP contribution in [-0.2, 0) is 24.2 Å². The molecule has 9 nitrogen and oxygen atoms in total. The van der Waals surface area contributed by atoms with Crippen LogP contribution in [0, 0.1) is 0 Å². The van der Waals surface area contributed by atoms with Crippen LogP contribution in [0.3, 0.4) is 0 Å². The number of aliphatic hydroxyl groups is 1. The lowest BCUT2D eigenvalue weighted by molar-refractivity contribution is -0.143. The molecule has 0 radical (unpaired) electrons. The Morgan fingerprint density at radius 1 is 1.26 bits per heavy atom.